The zero-order valence-corrected chi connectivity index (χ0v) is 15.9. The molecule has 0 saturated heterocycles. The van der Waals surface area contributed by atoms with Gasteiger partial charge in [0, 0.05) is 41.9 Å². The molecule has 0 radical (unpaired) electrons. The van der Waals surface area contributed by atoms with E-state index in [2.05, 4.69) is 23.2 Å². The number of benzene rings is 2. The Hall–Kier alpha value is -3.34. The van der Waals surface area contributed by atoms with Gasteiger partial charge in [0.15, 0.2) is 5.69 Å². The Bertz CT molecular complexity index is 1160. The van der Waals surface area contributed by atoms with Gasteiger partial charge in [-0.1, -0.05) is 30.3 Å². The second-order valence-electron chi connectivity index (χ2n) is 7.39. The van der Waals surface area contributed by atoms with Crippen LogP contribution < -0.4 is 0 Å². The number of rotatable bonds is 4. The minimum Gasteiger partial charge on any atom is -0.361 e. The lowest BCUT2D eigenvalue weighted by Gasteiger charge is -2.17. The molecule has 0 saturated carbocycles. The van der Waals surface area contributed by atoms with E-state index < -0.39 is 0 Å². The van der Waals surface area contributed by atoms with Gasteiger partial charge in [0.25, 0.3) is 5.91 Å². The molecule has 2 aromatic carbocycles. The largest absolute Gasteiger partial charge is 0.361 e. The van der Waals surface area contributed by atoms with Crippen LogP contribution in [0.15, 0.2) is 60.8 Å². The van der Waals surface area contributed by atoms with Crippen LogP contribution >= 0.6 is 0 Å². The quantitative estimate of drug-likeness (QED) is 0.588. The standard InChI is InChI=1S/C23H22N4O/c1-26(15-16-7-5-11-20-18(16)13-14-24-20)23(28)22-19-10-6-12-21(19)27(25-22)17-8-3-2-4-9-17/h2-5,7-9,11,13-14,24H,6,10,12,15H2,1H3. The summed E-state index contributed by atoms with van der Waals surface area (Å²) in [6, 6.07) is 18.3. The summed E-state index contributed by atoms with van der Waals surface area (Å²) in [5.41, 5.74) is 6.12. The summed E-state index contributed by atoms with van der Waals surface area (Å²) in [4.78, 5) is 18.3. The third kappa shape index (κ3) is 2.71. The SMILES string of the molecule is CN(Cc1cccc2[nH]ccc12)C(=O)c1nn(-c2ccccc2)c2c1CCC2. The number of hydrogen-bond acceptors (Lipinski definition) is 2. The predicted molar refractivity (Wildman–Crippen MR) is 110 cm³/mol. The van der Waals surface area contributed by atoms with Gasteiger partial charge >= 0.3 is 0 Å². The number of nitrogens with one attached hydrogen (secondary N) is 1. The van der Waals surface area contributed by atoms with E-state index in [4.69, 9.17) is 5.10 Å². The Balaban J connectivity index is 1.48. The summed E-state index contributed by atoms with van der Waals surface area (Å²) in [6.45, 7) is 0.557. The van der Waals surface area contributed by atoms with Crippen molar-refractivity contribution in [2.75, 3.05) is 7.05 Å². The number of nitrogens with zero attached hydrogens (tertiary/aromatic N) is 3. The molecule has 1 aliphatic rings. The third-order valence-electron chi connectivity index (χ3n) is 5.57. The molecule has 1 aliphatic carbocycles. The van der Waals surface area contributed by atoms with Crippen molar-refractivity contribution in [1.29, 1.82) is 0 Å². The molecule has 4 aromatic rings. The van der Waals surface area contributed by atoms with Gasteiger partial charge < -0.3 is 9.88 Å². The van der Waals surface area contributed by atoms with Crippen LogP contribution in [0, 0.1) is 0 Å². The molecule has 5 rings (SSSR count). The first-order valence-corrected chi connectivity index (χ1v) is 9.69. The van der Waals surface area contributed by atoms with Gasteiger partial charge in [-0.05, 0) is 49.1 Å². The number of fused-ring (bicyclic) bond motifs is 2. The van der Waals surface area contributed by atoms with Gasteiger partial charge in [0.2, 0.25) is 0 Å². The van der Waals surface area contributed by atoms with Crippen molar-refractivity contribution in [3.63, 3.8) is 0 Å². The summed E-state index contributed by atoms with van der Waals surface area (Å²) in [6.07, 6.45) is 4.90. The molecule has 28 heavy (non-hydrogen) atoms. The minimum absolute atomic E-state index is 0.0135. The van der Waals surface area contributed by atoms with Crippen molar-refractivity contribution in [3.8, 4) is 5.69 Å². The predicted octanol–water partition coefficient (Wildman–Crippen LogP) is 4.11. The molecule has 0 bridgehead atoms. The maximum absolute atomic E-state index is 13.3. The average Bonchev–Trinajstić information content (AvgIpc) is 3.44. The van der Waals surface area contributed by atoms with Crippen molar-refractivity contribution in [2.24, 2.45) is 0 Å². The summed E-state index contributed by atoms with van der Waals surface area (Å²) in [5.74, 6) is -0.0135. The van der Waals surface area contributed by atoms with Crippen LogP contribution in [-0.2, 0) is 19.4 Å². The van der Waals surface area contributed by atoms with E-state index >= 15 is 0 Å². The molecular weight excluding hydrogens is 348 g/mol. The first-order valence-electron chi connectivity index (χ1n) is 9.69. The highest BCUT2D eigenvalue weighted by Gasteiger charge is 2.28. The molecular formula is C23H22N4O. The normalized spacial score (nSPS) is 13.0. The number of para-hydroxylation sites is 1. The molecule has 1 amide bonds. The Morgan fingerprint density at radius 2 is 1.96 bits per heavy atom. The zero-order chi connectivity index (χ0) is 19.1. The van der Waals surface area contributed by atoms with Crippen LogP contribution in [0.3, 0.4) is 0 Å². The maximum Gasteiger partial charge on any atom is 0.274 e. The van der Waals surface area contributed by atoms with Crippen molar-refractivity contribution < 1.29 is 4.79 Å². The molecule has 140 valence electrons. The monoisotopic (exact) mass is 370 g/mol. The van der Waals surface area contributed by atoms with E-state index in [9.17, 15) is 4.79 Å². The van der Waals surface area contributed by atoms with E-state index in [1.54, 1.807) is 4.90 Å². The Morgan fingerprint density at radius 1 is 1.11 bits per heavy atom. The highest BCUT2D eigenvalue weighted by Crippen LogP contribution is 2.29. The lowest BCUT2D eigenvalue weighted by Crippen LogP contribution is -2.27. The Morgan fingerprint density at radius 3 is 2.82 bits per heavy atom. The number of aromatic amines is 1. The fourth-order valence-electron chi connectivity index (χ4n) is 4.19. The first kappa shape index (κ1) is 16.8. The van der Waals surface area contributed by atoms with E-state index in [1.165, 1.54) is 5.69 Å². The summed E-state index contributed by atoms with van der Waals surface area (Å²) >= 11 is 0. The van der Waals surface area contributed by atoms with Gasteiger partial charge in [-0.25, -0.2) is 4.68 Å². The molecule has 2 heterocycles. The molecule has 0 aliphatic heterocycles. The molecule has 0 spiro atoms. The van der Waals surface area contributed by atoms with Crippen LogP contribution in [-0.4, -0.2) is 32.6 Å². The Kier molecular flexibility index (Phi) is 4.01. The number of carbonyl (C=O) groups excluding carboxylic acids is 1. The van der Waals surface area contributed by atoms with E-state index in [-0.39, 0.29) is 5.91 Å². The summed E-state index contributed by atoms with van der Waals surface area (Å²) in [5, 5.41) is 5.89. The number of aromatic nitrogens is 3. The van der Waals surface area contributed by atoms with Gasteiger partial charge in [0.1, 0.15) is 0 Å². The van der Waals surface area contributed by atoms with Gasteiger partial charge in [-0.2, -0.15) is 5.10 Å². The van der Waals surface area contributed by atoms with E-state index in [1.807, 2.05) is 54.3 Å². The van der Waals surface area contributed by atoms with E-state index in [0.29, 0.717) is 12.2 Å². The van der Waals surface area contributed by atoms with Crippen LogP contribution in [0.5, 0.6) is 0 Å². The molecule has 5 heteroatoms. The van der Waals surface area contributed by atoms with Crippen LogP contribution in [0.1, 0.15) is 33.7 Å². The van der Waals surface area contributed by atoms with Gasteiger partial charge in [-0.3, -0.25) is 4.79 Å². The molecule has 0 unspecified atom stereocenters. The summed E-state index contributed by atoms with van der Waals surface area (Å²) in [7, 11) is 1.86. The lowest BCUT2D eigenvalue weighted by atomic mass is 10.1. The van der Waals surface area contributed by atoms with Crippen LogP contribution in [0.25, 0.3) is 16.6 Å². The smallest absolute Gasteiger partial charge is 0.274 e. The number of hydrogen-bond donors (Lipinski definition) is 1. The van der Waals surface area contributed by atoms with Crippen LogP contribution in [0.4, 0.5) is 0 Å². The average molecular weight is 370 g/mol. The fraction of sp³-hybridized carbons (Fsp3) is 0.217. The maximum atomic E-state index is 13.3. The number of amides is 1. The Labute approximate surface area is 163 Å². The highest BCUT2D eigenvalue weighted by molar-refractivity contribution is 5.94. The molecule has 1 N–H and O–H groups in total. The second-order valence-corrected chi connectivity index (χ2v) is 7.39. The lowest BCUT2D eigenvalue weighted by molar-refractivity contribution is 0.0778. The number of H-pyrrole nitrogens is 1. The second kappa shape index (κ2) is 6.68. The molecule has 2 aromatic heterocycles. The van der Waals surface area contributed by atoms with Crippen molar-refractivity contribution >= 4 is 16.8 Å². The molecule has 0 atom stereocenters. The summed E-state index contributed by atoms with van der Waals surface area (Å²) < 4.78 is 1.95. The topological polar surface area (TPSA) is 53.9 Å². The fourth-order valence-corrected chi connectivity index (χ4v) is 4.19. The van der Waals surface area contributed by atoms with Gasteiger partial charge in [0.05, 0.1) is 5.69 Å². The number of carbonyl (C=O) groups is 1. The van der Waals surface area contributed by atoms with Crippen LogP contribution in [0.2, 0.25) is 0 Å². The third-order valence-corrected chi connectivity index (χ3v) is 5.57. The highest BCUT2D eigenvalue weighted by atomic mass is 16.2. The zero-order valence-electron chi connectivity index (χ0n) is 15.9. The van der Waals surface area contributed by atoms with E-state index in [0.717, 1.165) is 47.0 Å². The van der Waals surface area contributed by atoms with Crippen molar-refractivity contribution in [1.82, 2.24) is 19.7 Å². The first-order chi connectivity index (χ1) is 13.7. The molecule has 5 nitrogen and oxygen atoms in total. The van der Waals surface area contributed by atoms with Gasteiger partial charge in [-0.15, -0.1) is 0 Å². The minimum atomic E-state index is -0.0135. The molecule has 0 fully saturated rings. The van der Waals surface area contributed by atoms with Crippen molar-refractivity contribution in [3.05, 3.63) is 83.3 Å². The van der Waals surface area contributed by atoms with Crippen molar-refractivity contribution in [2.45, 2.75) is 25.8 Å².